The molecule has 4 heteroatoms. The Morgan fingerprint density at radius 1 is 1.29 bits per heavy atom. The number of aliphatic hydroxyl groups is 1. The molecular formula is C17H22NO2P. The molecule has 1 aliphatic carbocycles. The van der Waals surface area contributed by atoms with Crippen molar-refractivity contribution >= 4 is 23.3 Å². The molecule has 1 aliphatic rings. The van der Waals surface area contributed by atoms with Crippen molar-refractivity contribution in [1.82, 2.24) is 4.98 Å². The fourth-order valence-electron chi connectivity index (χ4n) is 2.91. The number of pyridine rings is 1. The van der Waals surface area contributed by atoms with E-state index in [1.54, 1.807) is 0 Å². The Labute approximate surface area is 125 Å². The van der Waals surface area contributed by atoms with Gasteiger partial charge in [0.05, 0.1) is 11.1 Å². The van der Waals surface area contributed by atoms with E-state index >= 15 is 0 Å². The molecule has 0 amide bonds. The van der Waals surface area contributed by atoms with Crippen molar-refractivity contribution in [3.8, 4) is 0 Å². The smallest absolute Gasteiger partial charge is 0.110 e. The zero-order valence-electron chi connectivity index (χ0n) is 13.1. The van der Waals surface area contributed by atoms with Gasteiger partial charge >= 0.3 is 0 Å². The minimum atomic E-state index is -2.40. The van der Waals surface area contributed by atoms with Gasteiger partial charge in [-0.15, -0.1) is 0 Å². The molecule has 1 aromatic carbocycles. The summed E-state index contributed by atoms with van der Waals surface area (Å²) in [6, 6.07) is 5.89. The van der Waals surface area contributed by atoms with E-state index in [0.29, 0.717) is 0 Å². The van der Waals surface area contributed by atoms with Crippen molar-refractivity contribution in [3.63, 3.8) is 0 Å². The fraction of sp³-hybridized carbons (Fsp3) is 0.471. The van der Waals surface area contributed by atoms with Crippen molar-refractivity contribution in [2.24, 2.45) is 0 Å². The minimum absolute atomic E-state index is 0.289. The molecule has 1 aromatic heterocycles. The van der Waals surface area contributed by atoms with Crippen LogP contribution in [0.15, 0.2) is 24.4 Å². The van der Waals surface area contributed by atoms with E-state index in [2.05, 4.69) is 18.8 Å². The van der Waals surface area contributed by atoms with Gasteiger partial charge in [-0.2, -0.15) is 0 Å². The van der Waals surface area contributed by atoms with E-state index in [4.69, 9.17) is 0 Å². The minimum Gasteiger partial charge on any atom is -0.385 e. The van der Waals surface area contributed by atoms with Crippen LogP contribution in [0.3, 0.4) is 0 Å². The van der Waals surface area contributed by atoms with Crippen LogP contribution in [0, 0.1) is 0 Å². The van der Waals surface area contributed by atoms with Crippen molar-refractivity contribution in [3.05, 3.63) is 35.5 Å². The maximum absolute atomic E-state index is 12.8. The van der Waals surface area contributed by atoms with Crippen molar-refractivity contribution < 1.29 is 9.67 Å². The first-order valence-corrected chi connectivity index (χ1v) is 10.0. The van der Waals surface area contributed by atoms with Crippen LogP contribution in [0.1, 0.15) is 43.7 Å². The zero-order valence-corrected chi connectivity index (χ0v) is 13.9. The lowest BCUT2D eigenvalue weighted by Crippen LogP contribution is -2.15. The molecule has 3 nitrogen and oxygen atoms in total. The highest BCUT2D eigenvalue weighted by atomic mass is 31.2. The summed E-state index contributed by atoms with van der Waals surface area (Å²) in [5.41, 5.74) is 2.16. The average Bonchev–Trinajstić information content (AvgIpc) is 3.14. The van der Waals surface area contributed by atoms with E-state index in [9.17, 15) is 9.67 Å². The Hall–Kier alpha value is -1.18. The molecule has 3 rings (SSSR count). The molecule has 1 N–H and O–H groups in total. The largest absolute Gasteiger partial charge is 0.385 e. The second-order valence-corrected chi connectivity index (χ2v) is 9.98. The van der Waals surface area contributed by atoms with Crippen LogP contribution < -0.4 is 5.30 Å². The molecule has 0 radical (unpaired) electrons. The van der Waals surface area contributed by atoms with Gasteiger partial charge in [0.2, 0.25) is 0 Å². The number of rotatable bonds is 3. The van der Waals surface area contributed by atoms with Crippen LogP contribution in [0.25, 0.3) is 10.9 Å². The predicted molar refractivity (Wildman–Crippen MR) is 88.1 cm³/mol. The quantitative estimate of drug-likeness (QED) is 0.882. The molecule has 0 spiro atoms. The van der Waals surface area contributed by atoms with Gasteiger partial charge in [0.15, 0.2) is 0 Å². The Kier molecular flexibility index (Phi) is 3.27. The monoisotopic (exact) mass is 303 g/mol. The van der Waals surface area contributed by atoms with Crippen LogP contribution in [-0.2, 0) is 10.2 Å². The Bertz CT molecular complexity index is 757. The predicted octanol–water partition coefficient (Wildman–Crippen LogP) is 3.59. The van der Waals surface area contributed by atoms with E-state index in [0.717, 1.165) is 40.2 Å². The number of aromatic nitrogens is 1. The summed E-state index contributed by atoms with van der Waals surface area (Å²) in [6.07, 6.45) is 3.48. The molecule has 1 heterocycles. The van der Waals surface area contributed by atoms with Crippen molar-refractivity contribution in [1.29, 1.82) is 0 Å². The van der Waals surface area contributed by atoms with Crippen LogP contribution in [0.5, 0.6) is 0 Å². The number of hydrogen-bond donors (Lipinski definition) is 1. The van der Waals surface area contributed by atoms with E-state index < -0.39 is 12.7 Å². The van der Waals surface area contributed by atoms with Gasteiger partial charge in [0, 0.05) is 16.9 Å². The molecule has 1 fully saturated rings. The Morgan fingerprint density at radius 3 is 2.48 bits per heavy atom. The first kappa shape index (κ1) is 14.7. The third-order valence-corrected chi connectivity index (χ3v) is 5.87. The van der Waals surface area contributed by atoms with Gasteiger partial charge < -0.3 is 9.67 Å². The Morgan fingerprint density at radius 2 is 1.95 bits per heavy atom. The number of benzene rings is 1. The molecule has 112 valence electrons. The molecule has 21 heavy (non-hydrogen) atoms. The van der Waals surface area contributed by atoms with Crippen LogP contribution >= 0.6 is 7.14 Å². The lowest BCUT2D eigenvalue weighted by Gasteiger charge is -2.19. The number of fused-ring (bicyclic) bond motifs is 1. The molecule has 0 bridgehead atoms. The van der Waals surface area contributed by atoms with Crippen molar-refractivity contribution in [2.45, 2.75) is 38.2 Å². The van der Waals surface area contributed by atoms with Gasteiger partial charge in [-0.3, -0.25) is 4.98 Å². The summed E-state index contributed by atoms with van der Waals surface area (Å²) < 4.78 is 12.8. The lowest BCUT2D eigenvalue weighted by molar-refractivity contribution is 0.151. The second kappa shape index (κ2) is 4.66. The van der Waals surface area contributed by atoms with E-state index in [-0.39, 0.29) is 5.92 Å². The summed E-state index contributed by atoms with van der Waals surface area (Å²) in [5.74, 6) is 0.289. The molecule has 0 atom stereocenters. The van der Waals surface area contributed by atoms with Gasteiger partial charge in [0.1, 0.15) is 7.14 Å². The second-order valence-electron chi connectivity index (χ2n) is 6.83. The maximum Gasteiger partial charge on any atom is 0.110 e. The highest BCUT2D eigenvalue weighted by Crippen LogP contribution is 2.46. The molecule has 1 saturated carbocycles. The van der Waals surface area contributed by atoms with Gasteiger partial charge in [-0.1, -0.05) is 26.0 Å². The summed E-state index contributed by atoms with van der Waals surface area (Å²) in [5, 5.41) is 12.2. The van der Waals surface area contributed by atoms with Crippen molar-refractivity contribution in [2.75, 3.05) is 13.3 Å². The highest BCUT2D eigenvalue weighted by Gasteiger charge is 2.42. The Balaban J connectivity index is 2.28. The molecule has 0 unspecified atom stereocenters. The maximum atomic E-state index is 12.8. The molecule has 0 aliphatic heterocycles. The topological polar surface area (TPSA) is 50.2 Å². The fourth-order valence-corrected chi connectivity index (χ4v) is 4.62. The molecular weight excluding hydrogens is 281 g/mol. The SMILES string of the molecule is CC(C)c1cnc2cc(C3(O)CC3)ccc2c1P(C)(C)=O. The summed E-state index contributed by atoms with van der Waals surface area (Å²) in [4.78, 5) is 4.55. The van der Waals surface area contributed by atoms with Crippen LogP contribution in [0.2, 0.25) is 0 Å². The normalized spacial score (nSPS) is 17.4. The van der Waals surface area contributed by atoms with Crippen LogP contribution in [0.4, 0.5) is 0 Å². The molecule has 0 saturated heterocycles. The summed E-state index contributed by atoms with van der Waals surface area (Å²) >= 11 is 0. The van der Waals surface area contributed by atoms with Gasteiger partial charge in [-0.05, 0) is 49.3 Å². The standard InChI is InChI=1S/C17H22NO2P/c1-11(2)14-10-18-15-9-12(17(19)7-8-17)5-6-13(15)16(14)21(3,4)20/h5-6,9-11,19H,7-8H2,1-4H3. The molecule has 2 aromatic rings. The highest BCUT2D eigenvalue weighted by molar-refractivity contribution is 7.70. The van der Waals surface area contributed by atoms with Gasteiger partial charge in [-0.25, -0.2) is 0 Å². The lowest BCUT2D eigenvalue weighted by atomic mass is 10.0. The average molecular weight is 303 g/mol. The van der Waals surface area contributed by atoms with E-state index in [1.165, 1.54) is 0 Å². The first-order valence-electron chi connectivity index (χ1n) is 7.43. The van der Waals surface area contributed by atoms with Gasteiger partial charge in [0.25, 0.3) is 0 Å². The number of nitrogens with zero attached hydrogens (tertiary/aromatic N) is 1. The van der Waals surface area contributed by atoms with E-state index in [1.807, 2.05) is 37.7 Å². The third kappa shape index (κ3) is 2.54. The van der Waals surface area contributed by atoms with Crippen LogP contribution in [-0.4, -0.2) is 23.4 Å². The first-order chi connectivity index (χ1) is 9.72. The number of hydrogen-bond acceptors (Lipinski definition) is 3. The third-order valence-electron chi connectivity index (χ3n) is 4.29. The zero-order chi connectivity index (χ0) is 15.4. The summed E-state index contributed by atoms with van der Waals surface area (Å²) in [6.45, 7) is 7.83. The summed E-state index contributed by atoms with van der Waals surface area (Å²) in [7, 11) is -2.40.